The fraction of sp³-hybridized carbons (Fsp3) is 0.333. The molecule has 6 rings (SSSR count). The summed E-state index contributed by atoms with van der Waals surface area (Å²) in [5, 5.41) is 94.0. The van der Waals surface area contributed by atoms with Crippen molar-refractivity contribution in [3.05, 3.63) is 82.9 Å². The van der Waals surface area contributed by atoms with Gasteiger partial charge in [-0.05, 0) is 59.9 Å². The molecule has 0 saturated carbocycles. The van der Waals surface area contributed by atoms with Crippen LogP contribution in [0.15, 0.2) is 70.7 Å². The Kier molecular flexibility index (Phi) is 10.3. The first kappa shape index (κ1) is 36.4. The third-order valence-corrected chi connectivity index (χ3v) is 9.31. The number of ether oxygens (including phenoxy) is 2. The third kappa shape index (κ3) is 7.07. The summed E-state index contributed by atoms with van der Waals surface area (Å²) in [6.07, 6.45) is -3.05. The van der Waals surface area contributed by atoms with Gasteiger partial charge in [0.1, 0.15) is 42.5 Å². The molecule has 3 aromatic carbocycles. The van der Waals surface area contributed by atoms with E-state index in [1.165, 1.54) is 18.2 Å². The molecule has 0 radical (unpaired) electrons. The van der Waals surface area contributed by atoms with Crippen LogP contribution < -0.4 is 9.64 Å². The largest absolute Gasteiger partial charge is 0.508 e. The van der Waals surface area contributed by atoms with E-state index in [2.05, 4.69) is 9.98 Å². The van der Waals surface area contributed by atoms with Crippen LogP contribution in [0, 0.1) is 0 Å². The predicted molar refractivity (Wildman–Crippen MR) is 183 cm³/mol. The molecular formula is C36H37N3O13. The Morgan fingerprint density at radius 2 is 1.73 bits per heavy atom. The third-order valence-electron chi connectivity index (χ3n) is 9.31. The van der Waals surface area contributed by atoms with Crippen LogP contribution in [0.4, 0.5) is 5.69 Å². The lowest BCUT2D eigenvalue weighted by Gasteiger charge is -2.44. The van der Waals surface area contributed by atoms with Gasteiger partial charge in [0.05, 0.1) is 18.0 Å². The predicted octanol–water partition coefficient (Wildman–Crippen LogP) is 0.557. The van der Waals surface area contributed by atoms with Crippen LogP contribution in [-0.4, -0.2) is 119 Å². The quantitative estimate of drug-likeness (QED) is 0.0970. The van der Waals surface area contributed by atoms with Gasteiger partial charge in [-0.15, -0.1) is 0 Å². The number of amides is 1. The van der Waals surface area contributed by atoms with Crippen molar-refractivity contribution in [2.24, 2.45) is 9.98 Å². The van der Waals surface area contributed by atoms with Gasteiger partial charge in [-0.3, -0.25) is 19.7 Å². The lowest BCUT2D eigenvalue weighted by Crippen LogP contribution is -2.67. The lowest BCUT2D eigenvalue weighted by molar-refractivity contribution is -0.422. The van der Waals surface area contributed by atoms with Crippen molar-refractivity contribution in [3.63, 3.8) is 0 Å². The van der Waals surface area contributed by atoms with Gasteiger partial charge in [0, 0.05) is 36.3 Å². The number of rotatable bonds is 11. The molecule has 0 spiro atoms. The number of aliphatic imine (C=N–C) groups is 2. The minimum absolute atomic E-state index is 0.00609. The summed E-state index contributed by atoms with van der Waals surface area (Å²) in [7, 11) is 0. The molecule has 7 unspecified atom stereocenters. The van der Waals surface area contributed by atoms with Gasteiger partial charge < -0.3 is 55.4 Å². The average Bonchev–Trinajstić information content (AvgIpc) is 3.75. The van der Waals surface area contributed by atoms with Crippen molar-refractivity contribution in [1.29, 1.82) is 0 Å². The minimum atomic E-state index is -3.12. The van der Waals surface area contributed by atoms with E-state index in [0.29, 0.717) is 29.1 Å². The number of carboxylic acids is 1. The monoisotopic (exact) mass is 719 g/mol. The number of aryl methyl sites for hydroxylation is 1. The van der Waals surface area contributed by atoms with E-state index in [0.717, 1.165) is 23.1 Å². The summed E-state index contributed by atoms with van der Waals surface area (Å²) in [5.74, 6) is -7.52. The lowest BCUT2D eigenvalue weighted by atomic mass is 9.88. The maximum absolute atomic E-state index is 14.0. The van der Waals surface area contributed by atoms with Crippen molar-refractivity contribution >= 4 is 35.6 Å². The van der Waals surface area contributed by atoms with Crippen LogP contribution in [0.3, 0.4) is 0 Å². The van der Waals surface area contributed by atoms with Crippen LogP contribution in [0.2, 0.25) is 0 Å². The number of fused-ring (bicyclic) bond motifs is 1. The number of hydrogen-bond acceptors (Lipinski definition) is 14. The summed E-state index contributed by atoms with van der Waals surface area (Å²) in [5.41, 5.74) is 2.36. The van der Waals surface area contributed by atoms with Crippen LogP contribution in [0.1, 0.15) is 34.6 Å². The number of aliphatic hydroxyl groups is 5. The second-order valence-corrected chi connectivity index (χ2v) is 12.6. The number of carbonyl (C=O) groups is 2. The van der Waals surface area contributed by atoms with E-state index >= 15 is 0 Å². The zero-order valence-electron chi connectivity index (χ0n) is 27.4. The summed E-state index contributed by atoms with van der Waals surface area (Å²) in [4.78, 5) is 36.2. The number of phenolic OH excluding ortho intramolecular Hbond substituents is 3. The van der Waals surface area contributed by atoms with Gasteiger partial charge in [0.25, 0.3) is 5.91 Å². The molecule has 7 atom stereocenters. The highest BCUT2D eigenvalue weighted by molar-refractivity contribution is 6.32. The zero-order valence-corrected chi connectivity index (χ0v) is 27.4. The van der Waals surface area contributed by atoms with E-state index in [9.17, 15) is 55.5 Å². The fourth-order valence-electron chi connectivity index (χ4n) is 6.63. The summed E-state index contributed by atoms with van der Waals surface area (Å²) in [6.45, 7) is -0.600. The fourth-order valence-corrected chi connectivity index (χ4v) is 6.63. The van der Waals surface area contributed by atoms with E-state index in [1.54, 1.807) is 36.5 Å². The molecule has 3 heterocycles. The van der Waals surface area contributed by atoms with E-state index < -0.39 is 72.3 Å². The van der Waals surface area contributed by atoms with Gasteiger partial charge in [0.2, 0.25) is 0 Å². The molecule has 16 nitrogen and oxygen atoms in total. The second-order valence-electron chi connectivity index (χ2n) is 12.6. The van der Waals surface area contributed by atoms with E-state index in [1.807, 2.05) is 0 Å². The molecule has 9 N–H and O–H groups in total. The van der Waals surface area contributed by atoms with Gasteiger partial charge in [-0.1, -0.05) is 24.3 Å². The number of benzene rings is 3. The number of carboxylic acid groups (broad SMARTS) is 1. The minimum Gasteiger partial charge on any atom is -0.508 e. The maximum Gasteiger partial charge on any atom is 0.355 e. The molecule has 1 fully saturated rings. The first-order chi connectivity index (χ1) is 24.8. The zero-order chi connectivity index (χ0) is 37.3. The number of phenols is 3. The number of aromatic hydroxyl groups is 3. The second kappa shape index (κ2) is 14.7. The molecular weight excluding hydrogens is 682 g/mol. The molecule has 3 aliphatic heterocycles. The van der Waals surface area contributed by atoms with Gasteiger partial charge in [-0.2, -0.15) is 0 Å². The topological polar surface area (TPSA) is 263 Å². The Balaban J connectivity index is 1.37. The van der Waals surface area contributed by atoms with Crippen LogP contribution in [0.5, 0.6) is 23.0 Å². The van der Waals surface area contributed by atoms with Crippen LogP contribution in [0.25, 0.3) is 6.08 Å². The molecule has 3 aromatic rings. The number of nitrogens with zero attached hydrogens (tertiary/aromatic N) is 3. The Bertz CT molecular complexity index is 1950. The molecule has 52 heavy (non-hydrogen) atoms. The number of hydrogen-bond donors (Lipinski definition) is 9. The van der Waals surface area contributed by atoms with Gasteiger partial charge in [-0.25, -0.2) is 4.79 Å². The number of para-hydroxylation sites is 1. The van der Waals surface area contributed by atoms with Gasteiger partial charge in [0.15, 0.2) is 17.6 Å². The smallest absolute Gasteiger partial charge is 0.355 e. The molecule has 1 saturated heterocycles. The molecule has 274 valence electrons. The van der Waals surface area contributed by atoms with E-state index in [4.69, 9.17) is 9.47 Å². The first-order valence-electron chi connectivity index (χ1n) is 16.3. The van der Waals surface area contributed by atoms with E-state index in [-0.39, 0.29) is 42.0 Å². The number of anilines is 1. The van der Waals surface area contributed by atoms with Crippen molar-refractivity contribution in [2.75, 3.05) is 18.2 Å². The molecule has 0 aromatic heterocycles. The van der Waals surface area contributed by atoms with Crippen molar-refractivity contribution in [1.82, 2.24) is 0 Å². The SMILES string of the molecule is O=C(O)C1C(CCc2ccccc2O)c2cc(O)c(OC3(O)OC(CO)C(O)C(O)C3O)cc2N1C(=O)C=Cc1ccc(O)c(CC2=NCN=C2)c1. The summed E-state index contributed by atoms with van der Waals surface area (Å²) in [6, 6.07) is 11.8. The maximum atomic E-state index is 14.0. The Labute approximate surface area is 296 Å². The van der Waals surface area contributed by atoms with Gasteiger partial charge >= 0.3 is 11.9 Å². The number of carbonyl (C=O) groups excluding carboxylic acids is 1. The first-order valence-corrected chi connectivity index (χ1v) is 16.3. The molecule has 0 aliphatic carbocycles. The van der Waals surface area contributed by atoms with Crippen molar-refractivity contribution < 1.29 is 65.0 Å². The summed E-state index contributed by atoms with van der Waals surface area (Å²) >= 11 is 0. The Hall–Kier alpha value is -5.36. The summed E-state index contributed by atoms with van der Waals surface area (Å²) < 4.78 is 10.6. The van der Waals surface area contributed by atoms with Crippen molar-refractivity contribution in [2.45, 2.75) is 61.6 Å². The molecule has 0 bridgehead atoms. The Morgan fingerprint density at radius 1 is 0.981 bits per heavy atom. The highest BCUT2D eigenvalue weighted by Gasteiger charge is 2.56. The molecule has 16 heteroatoms. The van der Waals surface area contributed by atoms with Crippen LogP contribution >= 0.6 is 0 Å². The Morgan fingerprint density at radius 3 is 2.42 bits per heavy atom. The highest BCUT2D eigenvalue weighted by Crippen LogP contribution is 2.49. The molecule has 1 amide bonds. The molecule has 3 aliphatic rings. The number of aliphatic carboxylic acids is 1. The standard InChI is InChI=1S/C36H37N3O13/c40-16-29-32(45)33(46)34(47)36(50,52-29)51-28-14-24-23(13-27(28)43)22(8-7-19-3-1-2-4-25(19)41)31(35(48)49)39(24)30(44)10-6-18-5-9-26(42)20(11-18)12-21-15-37-17-38-21/h1-6,9-11,13-15,22,29,31-34,40-43,45-47,50H,7-8,12,16-17H2,(H,48,49). The number of aliphatic hydroxyl groups excluding tert-OH is 4. The highest BCUT2D eigenvalue weighted by atomic mass is 16.8. The van der Waals surface area contributed by atoms with Crippen LogP contribution in [-0.2, 0) is 27.2 Å². The average molecular weight is 720 g/mol. The normalized spacial score (nSPS) is 26.8. The van der Waals surface area contributed by atoms with Crippen molar-refractivity contribution in [3.8, 4) is 23.0 Å².